The molecule has 0 spiro atoms. The average molecular weight is 492 g/mol. The molecule has 0 bridgehead atoms. The monoisotopic (exact) mass is 491 g/mol. The fraction of sp³-hybridized carbons (Fsp3) is 0.429. The SMILES string of the molecule is CCN(CC)c1ccc(-n2c(C)cc(C3C(c4ccccn4)NC(=S)N3CCCOC)c2C)cc1. The van der Waals surface area contributed by atoms with Gasteiger partial charge in [0, 0.05) is 62.3 Å². The van der Waals surface area contributed by atoms with Gasteiger partial charge >= 0.3 is 0 Å². The van der Waals surface area contributed by atoms with E-state index in [0.717, 1.165) is 36.9 Å². The van der Waals surface area contributed by atoms with Crippen LogP contribution in [0, 0.1) is 13.8 Å². The van der Waals surface area contributed by atoms with Crippen molar-refractivity contribution in [3.8, 4) is 5.69 Å². The lowest BCUT2D eigenvalue weighted by Crippen LogP contribution is -2.31. The Hall–Kier alpha value is -2.90. The van der Waals surface area contributed by atoms with Crippen molar-refractivity contribution in [2.75, 3.05) is 38.3 Å². The zero-order chi connectivity index (χ0) is 24.9. The molecule has 3 aromatic rings. The lowest BCUT2D eigenvalue weighted by Gasteiger charge is -2.28. The van der Waals surface area contributed by atoms with Crippen molar-refractivity contribution in [1.29, 1.82) is 0 Å². The van der Waals surface area contributed by atoms with E-state index in [-0.39, 0.29) is 12.1 Å². The minimum Gasteiger partial charge on any atom is -0.385 e. The van der Waals surface area contributed by atoms with Crippen LogP contribution >= 0.6 is 12.2 Å². The van der Waals surface area contributed by atoms with Crippen LogP contribution in [0.1, 0.15) is 55.0 Å². The number of hydrogen-bond acceptors (Lipinski definition) is 4. The lowest BCUT2D eigenvalue weighted by molar-refractivity contribution is 0.180. The van der Waals surface area contributed by atoms with Crippen LogP contribution in [-0.2, 0) is 4.74 Å². The Morgan fingerprint density at radius 3 is 2.46 bits per heavy atom. The minimum atomic E-state index is -0.00904. The van der Waals surface area contributed by atoms with Crippen LogP contribution in [0.3, 0.4) is 0 Å². The summed E-state index contributed by atoms with van der Waals surface area (Å²) in [5.74, 6) is 0. The second kappa shape index (κ2) is 11.2. The molecule has 1 N–H and O–H groups in total. The molecule has 0 amide bonds. The number of aryl methyl sites for hydroxylation is 1. The summed E-state index contributed by atoms with van der Waals surface area (Å²) in [4.78, 5) is 9.35. The van der Waals surface area contributed by atoms with Crippen molar-refractivity contribution >= 4 is 23.0 Å². The third-order valence-electron chi connectivity index (χ3n) is 6.97. The van der Waals surface area contributed by atoms with Gasteiger partial charge in [-0.3, -0.25) is 4.98 Å². The molecule has 2 unspecified atom stereocenters. The van der Waals surface area contributed by atoms with Gasteiger partial charge in [-0.25, -0.2) is 0 Å². The number of rotatable bonds is 10. The molecule has 1 aliphatic rings. The van der Waals surface area contributed by atoms with E-state index in [1.165, 1.54) is 28.3 Å². The molecular formula is C28H37N5OS. The van der Waals surface area contributed by atoms with E-state index in [1.54, 1.807) is 7.11 Å². The summed E-state index contributed by atoms with van der Waals surface area (Å²) < 4.78 is 7.68. The van der Waals surface area contributed by atoms with Gasteiger partial charge in [0.05, 0.1) is 17.8 Å². The number of aromatic nitrogens is 2. The second-order valence-corrected chi connectivity index (χ2v) is 9.40. The summed E-state index contributed by atoms with van der Waals surface area (Å²) in [6, 6.07) is 17.3. The first kappa shape index (κ1) is 25.2. The topological polar surface area (TPSA) is 45.6 Å². The Morgan fingerprint density at radius 1 is 1.09 bits per heavy atom. The molecule has 186 valence electrons. The predicted molar refractivity (Wildman–Crippen MR) is 147 cm³/mol. The number of thiocarbonyl (C=S) groups is 1. The third-order valence-corrected chi connectivity index (χ3v) is 7.32. The molecule has 4 rings (SSSR count). The zero-order valence-electron chi connectivity index (χ0n) is 21.5. The van der Waals surface area contributed by atoms with E-state index >= 15 is 0 Å². The van der Waals surface area contributed by atoms with Crippen LogP contribution in [0.4, 0.5) is 5.69 Å². The summed E-state index contributed by atoms with van der Waals surface area (Å²) in [5.41, 5.74) is 7.15. The number of benzene rings is 1. The van der Waals surface area contributed by atoms with E-state index in [2.05, 4.69) is 88.8 Å². The molecule has 3 heterocycles. The molecule has 6 nitrogen and oxygen atoms in total. The Kier molecular flexibility index (Phi) is 8.08. The van der Waals surface area contributed by atoms with Crippen LogP contribution in [0.5, 0.6) is 0 Å². The van der Waals surface area contributed by atoms with Gasteiger partial charge in [0.15, 0.2) is 5.11 Å². The van der Waals surface area contributed by atoms with E-state index in [1.807, 2.05) is 18.3 Å². The smallest absolute Gasteiger partial charge is 0.170 e. The fourth-order valence-corrected chi connectivity index (χ4v) is 5.58. The minimum absolute atomic E-state index is 0.00904. The highest BCUT2D eigenvalue weighted by molar-refractivity contribution is 7.80. The van der Waals surface area contributed by atoms with Crippen molar-refractivity contribution in [3.63, 3.8) is 0 Å². The van der Waals surface area contributed by atoms with Gasteiger partial charge in [-0.05, 0) is 94.4 Å². The average Bonchev–Trinajstić information content (AvgIpc) is 3.36. The Balaban J connectivity index is 1.73. The van der Waals surface area contributed by atoms with E-state index in [9.17, 15) is 0 Å². The van der Waals surface area contributed by atoms with Gasteiger partial charge in [-0.1, -0.05) is 6.07 Å². The summed E-state index contributed by atoms with van der Waals surface area (Å²) in [7, 11) is 1.74. The molecule has 0 radical (unpaired) electrons. The Labute approximate surface area is 214 Å². The van der Waals surface area contributed by atoms with Crippen LogP contribution in [-0.4, -0.2) is 52.9 Å². The van der Waals surface area contributed by atoms with Crippen LogP contribution in [0.15, 0.2) is 54.7 Å². The number of methoxy groups -OCH3 is 1. The molecule has 1 fully saturated rings. The number of hydrogen-bond donors (Lipinski definition) is 1. The van der Waals surface area contributed by atoms with Gasteiger partial charge in [-0.15, -0.1) is 0 Å². The molecule has 35 heavy (non-hydrogen) atoms. The summed E-state index contributed by atoms with van der Waals surface area (Å²) >= 11 is 5.82. The fourth-order valence-electron chi connectivity index (χ4n) is 5.25. The molecule has 2 aromatic heterocycles. The number of pyridine rings is 1. The number of ether oxygens (including phenoxy) is 1. The largest absolute Gasteiger partial charge is 0.385 e. The zero-order valence-corrected chi connectivity index (χ0v) is 22.3. The van der Waals surface area contributed by atoms with E-state index in [0.29, 0.717) is 6.61 Å². The highest BCUT2D eigenvalue weighted by atomic mass is 32.1. The maximum Gasteiger partial charge on any atom is 0.170 e. The van der Waals surface area contributed by atoms with E-state index in [4.69, 9.17) is 17.0 Å². The molecule has 1 aromatic carbocycles. The molecular weight excluding hydrogens is 454 g/mol. The third kappa shape index (κ3) is 5.07. The van der Waals surface area contributed by atoms with Crippen molar-refractivity contribution in [2.24, 2.45) is 0 Å². The van der Waals surface area contributed by atoms with Crippen molar-refractivity contribution in [1.82, 2.24) is 19.8 Å². The van der Waals surface area contributed by atoms with Gasteiger partial charge in [-0.2, -0.15) is 0 Å². The van der Waals surface area contributed by atoms with E-state index < -0.39 is 0 Å². The van der Waals surface area contributed by atoms with Crippen LogP contribution < -0.4 is 10.2 Å². The lowest BCUT2D eigenvalue weighted by atomic mass is 9.96. The molecule has 7 heteroatoms. The van der Waals surface area contributed by atoms with Crippen molar-refractivity contribution in [3.05, 3.63) is 77.4 Å². The molecule has 0 aliphatic carbocycles. The number of nitrogens with one attached hydrogen (secondary N) is 1. The standard InChI is InChI=1S/C28H37N5OS/c1-6-31(7-2)22-12-14-23(15-13-22)33-20(3)19-24(21(33)4)27-26(25-11-8-9-16-29-25)30-28(35)32(27)17-10-18-34-5/h8-9,11-16,19,26-27H,6-7,10,17-18H2,1-5H3,(H,30,35). The summed E-state index contributed by atoms with van der Waals surface area (Å²) in [6.45, 7) is 12.3. The molecule has 2 atom stereocenters. The first-order valence-corrected chi connectivity index (χ1v) is 12.9. The Bertz CT molecular complexity index is 1120. The molecule has 0 saturated carbocycles. The van der Waals surface area contributed by atoms with Crippen molar-refractivity contribution < 1.29 is 4.74 Å². The summed E-state index contributed by atoms with van der Waals surface area (Å²) in [6.07, 6.45) is 2.76. The highest BCUT2D eigenvalue weighted by Gasteiger charge is 2.41. The molecule has 1 saturated heterocycles. The van der Waals surface area contributed by atoms with Crippen LogP contribution in [0.2, 0.25) is 0 Å². The van der Waals surface area contributed by atoms with Gasteiger partial charge < -0.3 is 24.4 Å². The van der Waals surface area contributed by atoms with Crippen LogP contribution in [0.25, 0.3) is 5.69 Å². The summed E-state index contributed by atoms with van der Waals surface area (Å²) in [5, 5.41) is 4.34. The normalized spacial score (nSPS) is 17.6. The first-order valence-electron chi connectivity index (χ1n) is 12.5. The first-order chi connectivity index (χ1) is 17.0. The highest BCUT2D eigenvalue weighted by Crippen LogP contribution is 2.41. The van der Waals surface area contributed by atoms with Gasteiger partial charge in [0.2, 0.25) is 0 Å². The van der Waals surface area contributed by atoms with Gasteiger partial charge in [0.25, 0.3) is 0 Å². The number of nitrogens with zero attached hydrogens (tertiary/aromatic N) is 4. The quantitative estimate of drug-likeness (QED) is 0.305. The number of anilines is 1. The Morgan fingerprint density at radius 2 is 1.83 bits per heavy atom. The van der Waals surface area contributed by atoms with Gasteiger partial charge in [0.1, 0.15) is 0 Å². The maximum atomic E-state index is 5.82. The second-order valence-electron chi connectivity index (χ2n) is 9.02. The predicted octanol–water partition coefficient (Wildman–Crippen LogP) is 5.34. The maximum absolute atomic E-state index is 5.82. The van der Waals surface area contributed by atoms with Crippen molar-refractivity contribution in [2.45, 2.75) is 46.2 Å². The molecule has 1 aliphatic heterocycles.